The van der Waals surface area contributed by atoms with Gasteiger partial charge in [-0.1, -0.05) is 36.4 Å². The normalized spacial score (nSPS) is 27.2. The second-order valence-corrected chi connectivity index (χ2v) is 8.69. The molecule has 1 fully saturated rings. The van der Waals surface area contributed by atoms with Crippen LogP contribution in [0, 0.1) is 0 Å². The largest absolute Gasteiger partial charge is 0.398 e. The summed E-state index contributed by atoms with van der Waals surface area (Å²) < 4.78 is 5.65. The van der Waals surface area contributed by atoms with E-state index in [1.165, 1.54) is 0 Å². The molecule has 1 aliphatic heterocycles. The number of aliphatic hydroxyl groups excluding tert-OH is 4. The van der Waals surface area contributed by atoms with Crippen molar-refractivity contribution in [3.63, 3.8) is 0 Å². The summed E-state index contributed by atoms with van der Waals surface area (Å²) in [6.07, 6.45) is -4.89. The summed E-state index contributed by atoms with van der Waals surface area (Å²) in [7, 11) is 0. The Morgan fingerprint density at radius 3 is 2.17 bits per heavy atom. The molecule has 30 heavy (non-hydrogen) atoms. The number of aliphatic hydroxyl groups is 5. The molecule has 1 heterocycles. The Labute approximate surface area is 176 Å². The molecule has 0 spiro atoms. The average Bonchev–Trinajstić information content (AvgIpc) is 2.69. The zero-order valence-electron chi connectivity index (χ0n) is 17.3. The molecule has 2 aromatic rings. The lowest BCUT2D eigenvalue weighted by Crippen LogP contribution is -2.55. The first-order valence-electron chi connectivity index (χ1n) is 10.1. The molecule has 1 saturated heterocycles. The molecule has 0 radical (unpaired) electrons. The minimum atomic E-state index is -1.43. The first-order chi connectivity index (χ1) is 14.1. The van der Waals surface area contributed by atoms with Crippen LogP contribution in [0.5, 0.6) is 0 Å². The van der Waals surface area contributed by atoms with Crippen LogP contribution in [0.4, 0.5) is 5.69 Å². The van der Waals surface area contributed by atoms with Crippen LogP contribution in [0.1, 0.15) is 42.2 Å². The van der Waals surface area contributed by atoms with Crippen molar-refractivity contribution in [2.45, 2.75) is 62.8 Å². The summed E-state index contributed by atoms with van der Waals surface area (Å²) in [6, 6.07) is 13.2. The molecule has 7 nitrogen and oxygen atoms in total. The Hall–Kier alpha value is -2.00. The van der Waals surface area contributed by atoms with E-state index in [0.29, 0.717) is 24.1 Å². The van der Waals surface area contributed by atoms with E-state index in [4.69, 9.17) is 10.5 Å². The third-order valence-corrected chi connectivity index (χ3v) is 5.44. The number of hydrogen-bond acceptors (Lipinski definition) is 7. The zero-order chi connectivity index (χ0) is 22.1. The van der Waals surface area contributed by atoms with Crippen LogP contribution in [-0.4, -0.2) is 62.2 Å². The van der Waals surface area contributed by atoms with E-state index in [9.17, 15) is 25.5 Å². The number of rotatable bonds is 6. The van der Waals surface area contributed by atoms with Crippen molar-refractivity contribution in [3.8, 4) is 0 Å². The van der Waals surface area contributed by atoms with E-state index < -0.39 is 42.7 Å². The fraction of sp³-hybridized carbons (Fsp3) is 0.478. The van der Waals surface area contributed by atoms with Crippen molar-refractivity contribution in [3.05, 3.63) is 64.7 Å². The lowest BCUT2D eigenvalue weighted by Gasteiger charge is -2.40. The maximum absolute atomic E-state index is 10.4. The van der Waals surface area contributed by atoms with Gasteiger partial charge in [0.25, 0.3) is 0 Å². The van der Waals surface area contributed by atoms with Gasteiger partial charge in [0, 0.05) is 12.1 Å². The molecule has 164 valence electrons. The molecule has 0 aliphatic carbocycles. The highest BCUT2D eigenvalue weighted by Gasteiger charge is 2.44. The quantitative estimate of drug-likeness (QED) is 0.381. The molecule has 0 unspecified atom stereocenters. The molecule has 1 aliphatic rings. The van der Waals surface area contributed by atoms with Gasteiger partial charge in [-0.05, 0) is 48.6 Å². The third-order valence-electron chi connectivity index (χ3n) is 5.44. The maximum Gasteiger partial charge on any atom is 0.113 e. The molecule has 7 N–H and O–H groups in total. The van der Waals surface area contributed by atoms with Crippen LogP contribution in [0.2, 0.25) is 0 Å². The summed E-state index contributed by atoms with van der Waals surface area (Å²) in [5, 5.41) is 49.8. The molecule has 7 heteroatoms. The van der Waals surface area contributed by atoms with Crippen LogP contribution in [-0.2, 0) is 17.6 Å². The van der Waals surface area contributed by atoms with Gasteiger partial charge in [0.15, 0.2) is 0 Å². The van der Waals surface area contributed by atoms with Crippen molar-refractivity contribution in [2.75, 3.05) is 12.3 Å². The summed E-state index contributed by atoms with van der Waals surface area (Å²) in [4.78, 5) is 0. The first kappa shape index (κ1) is 22.7. The Balaban J connectivity index is 1.80. The lowest BCUT2D eigenvalue weighted by atomic mass is 9.89. The monoisotopic (exact) mass is 417 g/mol. The lowest BCUT2D eigenvalue weighted by molar-refractivity contribution is -0.231. The standard InChI is InChI=1S/C23H31NO6/c1-23(2,29)11-14-5-3-13(4-6-14)9-16-10-15(7-8-17(16)24)22-21(28)20(27)19(26)18(12-25)30-22/h3-8,10,18-22,25-29H,9,11-12,24H2,1-2H3/t18-,19-,20+,21-,22+/m1/s1. The summed E-state index contributed by atoms with van der Waals surface area (Å²) in [6.45, 7) is 3.07. The van der Waals surface area contributed by atoms with E-state index in [0.717, 1.165) is 16.7 Å². The SMILES string of the molecule is CC(C)(O)Cc1ccc(Cc2cc([C@@H]3O[C@H](CO)[C@@H](O)[C@H](O)[C@H]3O)ccc2N)cc1. The van der Waals surface area contributed by atoms with Gasteiger partial charge >= 0.3 is 0 Å². The van der Waals surface area contributed by atoms with Crippen LogP contribution < -0.4 is 5.73 Å². The second-order valence-electron chi connectivity index (χ2n) is 8.69. The van der Waals surface area contributed by atoms with E-state index >= 15 is 0 Å². The molecular weight excluding hydrogens is 386 g/mol. The minimum absolute atomic E-state index is 0.472. The van der Waals surface area contributed by atoms with Gasteiger partial charge in [-0.3, -0.25) is 0 Å². The minimum Gasteiger partial charge on any atom is -0.398 e. The average molecular weight is 418 g/mol. The van der Waals surface area contributed by atoms with Gasteiger partial charge in [-0.25, -0.2) is 0 Å². The highest BCUT2D eigenvalue weighted by atomic mass is 16.5. The van der Waals surface area contributed by atoms with Crippen molar-refractivity contribution >= 4 is 5.69 Å². The third kappa shape index (κ3) is 5.18. The van der Waals surface area contributed by atoms with Crippen LogP contribution in [0.15, 0.2) is 42.5 Å². The number of nitrogen functional groups attached to an aromatic ring is 1. The predicted molar refractivity (Wildman–Crippen MR) is 113 cm³/mol. The zero-order valence-corrected chi connectivity index (χ0v) is 17.3. The number of benzene rings is 2. The van der Waals surface area contributed by atoms with Crippen molar-refractivity contribution in [1.29, 1.82) is 0 Å². The van der Waals surface area contributed by atoms with Crippen molar-refractivity contribution in [2.24, 2.45) is 0 Å². The fourth-order valence-corrected chi connectivity index (χ4v) is 3.83. The Kier molecular flexibility index (Phi) is 6.81. The number of anilines is 1. The van der Waals surface area contributed by atoms with E-state index in [-0.39, 0.29) is 0 Å². The predicted octanol–water partition coefficient (Wildman–Crippen LogP) is 0.688. The topological polar surface area (TPSA) is 136 Å². The van der Waals surface area contributed by atoms with Gasteiger partial charge in [0.1, 0.15) is 30.5 Å². The highest BCUT2D eigenvalue weighted by molar-refractivity contribution is 5.51. The number of ether oxygens (including phenoxy) is 1. The Morgan fingerprint density at radius 2 is 1.57 bits per heavy atom. The molecule has 0 saturated carbocycles. The molecule has 3 rings (SSSR count). The number of hydrogen-bond donors (Lipinski definition) is 6. The van der Waals surface area contributed by atoms with Gasteiger partial charge in [-0.2, -0.15) is 0 Å². The van der Waals surface area contributed by atoms with Crippen molar-refractivity contribution in [1.82, 2.24) is 0 Å². The Bertz CT molecular complexity index is 846. The smallest absolute Gasteiger partial charge is 0.113 e. The van der Waals surface area contributed by atoms with E-state index in [1.54, 1.807) is 26.0 Å². The van der Waals surface area contributed by atoms with Gasteiger partial charge < -0.3 is 36.0 Å². The molecular formula is C23H31NO6. The molecule has 2 aromatic carbocycles. The molecule has 0 bridgehead atoms. The van der Waals surface area contributed by atoms with Crippen molar-refractivity contribution < 1.29 is 30.3 Å². The van der Waals surface area contributed by atoms with E-state index in [1.807, 2.05) is 30.3 Å². The summed E-state index contributed by atoms with van der Waals surface area (Å²) in [5.74, 6) is 0. The van der Waals surface area contributed by atoms with Gasteiger partial charge in [-0.15, -0.1) is 0 Å². The van der Waals surface area contributed by atoms with Gasteiger partial charge in [0.05, 0.1) is 12.2 Å². The molecule has 0 aromatic heterocycles. The van der Waals surface area contributed by atoms with Gasteiger partial charge in [0.2, 0.25) is 0 Å². The van der Waals surface area contributed by atoms with Crippen LogP contribution >= 0.6 is 0 Å². The van der Waals surface area contributed by atoms with E-state index in [2.05, 4.69) is 0 Å². The first-order valence-corrected chi connectivity index (χ1v) is 10.1. The molecule has 5 atom stereocenters. The molecule has 0 amide bonds. The van der Waals surface area contributed by atoms with Crippen LogP contribution in [0.25, 0.3) is 0 Å². The fourth-order valence-electron chi connectivity index (χ4n) is 3.83. The van der Waals surface area contributed by atoms with Crippen LogP contribution in [0.3, 0.4) is 0 Å². The summed E-state index contributed by atoms with van der Waals surface area (Å²) in [5.41, 5.74) is 9.48. The Morgan fingerprint density at radius 1 is 0.933 bits per heavy atom. The number of nitrogens with two attached hydrogens (primary N) is 1. The maximum atomic E-state index is 10.4. The summed E-state index contributed by atoms with van der Waals surface area (Å²) >= 11 is 0. The highest BCUT2D eigenvalue weighted by Crippen LogP contribution is 2.34. The second kappa shape index (κ2) is 9.01.